The Morgan fingerprint density at radius 2 is 1.86 bits per heavy atom. The van der Waals surface area contributed by atoms with Gasteiger partial charge in [-0.05, 0) is 42.0 Å². The highest BCUT2D eigenvalue weighted by molar-refractivity contribution is 5.74. The molecule has 0 aliphatic carbocycles. The van der Waals surface area contributed by atoms with Crippen molar-refractivity contribution in [3.05, 3.63) is 72.9 Å². The van der Waals surface area contributed by atoms with Crippen molar-refractivity contribution in [1.82, 2.24) is 34.3 Å². The van der Waals surface area contributed by atoms with Gasteiger partial charge in [-0.15, -0.1) is 0 Å². The van der Waals surface area contributed by atoms with E-state index < -0.39 is 0 Å². The van der Waals surface area contributed by atoms with Crippen molar-refractivity contribution in [3.8, 4) is 23.1 Å². The smallest absolute Gasteiger partial charge is 0.180 e. The van der Waals surface area contributed by atoms with Crippen LogP contribution in [-0.2, 0) is 6.54 Å². The van der Waals surface area contributed by atoms with Gasteiger partial charge in [0.25, 0.3) is 0 Å². The molecule has 0 aliphatic heterocycles. The van der Waals surface area contributed by atoms with Gasteiger partial charge in [0.15, 0.2) is 17.3 Å². The third-order valence-corrected chi connectivity index (χ3v) is 4.57. The molecule has 0 unspecified atom stereocenters. The van der Waals surface area contributed by atoms with Gasteiger partial charge in [-0.25, -0.2) is 14.6 Å². The molecule has 0 amide bonds. The first-order chi connectivity index (χ1) is 13.8. The van der Waals surface area contributed by atoms with E-state index in [0.717, 1.165) is 34.0 Å². The summed E-state index contributed by atoms with van der Waals surface area (Å²) in [7, 11) is 1.65. The van der Waals surface area contributed by atoms with Gasteiger partial charge in [0.2, 0.25) is 0 Å². The topological polar surface area (TPSA) is 86.4 Å². The molecule has 0 bridgehead atoms. The fourth-order valence-corrected chi connectivity index (χ4v) is 3.16. The van der Waals surface area contributed by atoms with E-state index in [9.17, 15) is 0 Å². The summed E-state index contributed by atoms with van der Waals surface area (Å²) < 4.78 is 9.09. The number of H-pyrrole nitrogens is 1. The van der Waals surface area contributed by atoms with Crippen LogP contribution in [-0.4, -0.2) is 41.4 Å². The molecule has 0 atom stereocenters. The maximum absolute atomic E-state index is 5.24. The molecular formula is C20H17N7O. The maximum Gasteiger partial charge on any atom is 0.180 e. The number of ether oxygens (including phenoxy) is 1. The number of rotatable bonds is 5. The van der Waals surface area contributed by atoms with E-state index in [0.29, 0.717) is 12.4 Å². The molecule has 0 aliphatic rings. The van der Waals surface area contributed by atoms with Gasteiger partial charge in [-0.1, -0.05) is 0 Å². The van der Waals surface area contributed by atoms with Crippen LogP contribution in [0.15, 0.2) is 67.4 Å². The summed E-state index contributed by atoms with van der Waals surface area (Å²) in [6.07, 6.45) is 9.01. The van der Waals surface area contributed by atoms with Crippen molar-refractivity contribution >= 4 is 11.2 Å². The molecule has 5 rings (SSSR count). The lowest BCUT2D eigenvalue weighted by Gasteiger charge is -2.07. The van der Waals surface area contributed by atoms with E-state index in [1.807, 2.05) is 51.8 Å². The number of fused-ring (bicyclic) bond motifs is 1. The number of nitrogens with zero attached hydrogens (tertiary/aromatic N) is 6. The lowest BCUT2D eigenvalue weighted by Crippen LogP contribution is -2.02. The average Bonchev–Trinajstić information content (AvgIpc) is 3.45. The zero-order chi connectivity index (χ0) is 18.9. The molecule has 28 heavy (non-hydrogen) atoms. The highest BCUT2D eigenvalue weighted by Gasteiger charge is 2.15. The molecule has 8 heteroatoms. The van der Waals surface area contributed by atoms with E-state index >= 15 is 0 Å². The van der Waals surface area contributed by atoms with Gasteiger partial charge in [0, 0.05) is 30.5 Å². The Kier molecular flexibility index (Phi) is 3.86. The van der Waals surface area contributed by atoms with E-state index in [4.69, 9.17) is 9.72 Å². The van der Waals surface area contributed by atoms with Crippen molar-refractivity contribution < 1.29 is 4.74 Å². The van der Waals surface area contributed by atoms with Crippen molar-refractivity contribution in [2.45, 2.75) is 6.54 Å². The Morgan fingerprint density at radius 1 is 1.04 bits per heavy atom. The number of nitrogens with one attached hydrogen (secondary N) is 1. The zero-order valence-corrected chi connectivity index (χ0v) is 15.1. The van der Waals surface area contributed by atoms with Gasteiger partial charge in [0.05, 0.1) is 19.9 Å². The van der Waals surface area contributed by atoms with Gasteiger partial charge in [0.1, 0.15) is 11.3 Å². The Morgan fingerprint density at radius 3 is 2.64 bits per heavy atom. The molecule has 138 valence electrons. The largest absolute Gasteiger partial charge is 0.497 e. The van der Waals surface area contributed by atoms with Crippen LogP contribution in [0.25, 0.3) is 28.5 Å². The number of benzene rings is 1. The first-order valence-electron chi connectivity index (χ1n) is 8.80. The molecule has 0 saturated carbocycles. The highest BCUT2D eigenvalue weighted by atomic mass is 16.5. The lowest BCUT2D eigenvalue weighted by atomic mass is 10.3. The molecule has 4 aromatic heterocycles. The van der Waals surface area contributed by atoms with Crippen molar-refractivity contribution in [3.63, 3.8) is 0 Å². The summed E-state index contributed by atoms with van der Waals surface area (Å²) in [4.78, 5) is 16.6. The van der Waals surface area contributed by atoms with Crippen LogP contribution in [0.2, 0.25) is 0 Å². The second kappa shape index (κ2) is 6.66. The molecule has 0 radical (unpaired) electrons. The maximum atomic E-state index is 5.24. The number of aromatic amines is 1. The fraction of sp³-hybridized carbons (Fsp3) is 0.100. The molecule has 4 heterocycles. The van der Waals surface area contributed by atoms with Crippen molar-refractivity contribution in [1.29, 1.82) is 0 Å². The van der Waals surface area contributed by atoms with Crippen molar-refractivity contribution in [2.24, 2.45) is 0 Å². The third-order valence-electron chi connectivity index (χ3n) is 4.57. The molecule has 0 spiro atoms. The van der Waals surface area contributed by atoms with Crippen LogP contribution in [0, 0.1) is 0 Å². The first-order valence-corrected chi connectivity index (χ1v) is 8.80. The number of hydrogen-bond acceptors (Lipinski definition) is 5. The number of imidazole rings is 2. The molecular weight excluding hydrogens is 354 g/mol. The number of pyridine rings is 1. The van der Waals surface area contributed by atoms with Gasteiger partial charge in [-0.2, -0.15) is 5.10 Å². The monoisotopic (exact) mass is 371 g/mol. The molecule has 1 aromatic carbocycles. The number of hydrogen-bond donors (Lipinski definition) is 1. The summed E-state index contributed by atoms with van der Waals surface area (Å²) in [5, 5.41) is 4.43. The third kappa shape index (κ3) is 2.81. The summed E-state index contributed by atoms with van der Waals surface area (Å²) in [5.74, 6) is 2.24. The minimum atomic E-state index is 0.628. The van der Waals surface area contributed by atoms with Crippen LogP contribution in [0.3, 0.4) is 0 Å². The SMILES string of the molecule is COc1ccc(-n2ccnc2-c2nc3c(cnn3Cc3ccncc3)[nH]2)cc1. The Bertz CT molecular complexity index is 1220. The number of aromatic nitrogens is 7. The van der Waals surface area contributed by atoms with E-state index in [1.165, 1.54) is 0 Å². The van der Waals surface area contributed by atoms with Crippen molar-refractivity contribution in [2.75, 3.05) is 7.11 Å². The summed E-state index contributed by atoms with van der Waals surface area (Å²) in [6.45, 7) is 0.628. The van der Waals surface area contributed by atoms with Crippen LogP contribution in [0.4, 0.5) is 0 Å². The minimum Gasteiger partial charge on any atom is -0.497 e. The standard InChI is InChI=1S/C20H17N7O/c1-28-16-4-2-15(3-5-16)26-11-10-22-20(26)18-24-17-12-23-27(19(17)25-18)13-14-6-8-21-9-7-14/h2-12H,13H2,1H3,(H,24,25). The summed E-state index contributed by atoms with van der Waals surface area (Å²) >= 11 is 0. The normalized spacial score (nSPS) is 11.2. The first kappa shape index (κ1) is 16.2. The molecule has 0 fully saturated rings. The molecule has 5 aromatic rings. The van der Waals surface area contributed by atoms with Crippen LogP contribution in [0.5, 0.6) is 5.75 Å². The van der Waals surface area contributed by atoms with Gasteiger partial charge >= 0.3 is 0 Å². The molecule has 1 N–H and O–H groups in total. The predicted octanol–water partition coefficient (Wildman–Crippen LogP) is 3.06. The van der Waals surface area contributed by atoms with Gasteiger partial charge < -0.3 is 9.72 Å². The molecule has 0 saturated heterocycles. The van der Waals surface area contributed by atoms with Crippen LogP contribution in [0.1, 0.15) is 5.56 Å². The Balaban J connectivity index is 1.51. The minimum absolute atomic E-state index is 0.628. The summed E-state index contributed by atoms with van der Waals surface area (Å²) in [5.41, 5.74) is 3.75. The fourth-order valence-electron chi connectivity index (χ4n) is 3.16. The number of methoxy groups -OCH3 is 1. The van der Waals surface area contributed by atoms with E-state index in [2.05, 4.69) is 20.1 Å². The Hall–Kier alpha value is -3.94. The zero-order valence-electron chi connectivity index (χ0n) is 15.1. The average molecular weight is 371 g/mol. The van der Waals surface area contributed by atoms with Crippen LogP contribution >= 0.6 is 0 Å². The Labute approximate surface area is 160 Å². The van der Waals surface area contributed by atoms with E-state index in [-0.39, 0.29) is 0 Å². The second-order valence-electron chi connectivity index (χ2n) is 6.30. The highest BCUT2D eigenvalue weighted by Crippen LogP contribution is 2.23. The predicted molar refractivity (Wildman–Crippen MR) is 104 cm³/mol. The second-order valence-corrected chi connectivity index (χ2v) is 6.30. The lowest BCUT2D eigenvalue weighted by molar-refractivity contribution is 0.415. The van der Waals surface area contributed by atoms with E-state index in [1.54, 1.807) is 31.9 Å². The molecule has 8 nitrogen and oxygen atoms in total. The van der Waals surface area contributed by atoms with Gasteiger partial charge in [-0.3, -0.25) is 9.55 Å². The quantitative estimate of drug-likeness (QED) is 0.513. The van der Waals surface area contributed by atoms with Crippen LogP contribution < -0.4 is 4.74 Å². The summed E-state index contributed by atoms with van der Waals surface area (Å²) in [6, 6.07) is 11.7.